The lowest BCUT2D eigenvalue weighted by atomic mass is 10.1. The molecule has 0 spiro atoms. The molecule has 4 rings (SSSR count). The summed E-state index contributed by atoms with van der Waals surface area (Å²) in [5.41, 5.74) is 2.97. The highest BCUT2D eigenvalue weighted by Gasteiger charge is 2.26. The number of carbonyl (C=O) groups excluding carboxylic acids is 3. The molecule has 1 fully saturated rings. The number of benzene rings is 1. The van der Waals surface area contributed by atoms with Gasteiger partial charge in [0, 0.05) is 62.3 Å². The minimum atomic E-state index is -0.192. The number of nitrogens with zero attached hydrogens (tertiary/aromatic N) is 4. The first-order valence-electron chi connectivity index (χ1n) is 9.93. The topological polar surface area (TPSA) is 111 Å². The second kappa shape index (κ2) is 8.78. The van der Waals surface area contributed by atoms with Crippen molar-refractivity contribution in [3.63, 3.8) is 0 Å². The van der Waals surface area contributed by atoms with Crippen molar-refractivity contribution >= 4 is 23.4 Å². The van der Waals surface area contributed by atoms with Crippen molar-refractivity contribution < 1.29 is 14.4 Å². The fourth-order valence-corrected chi connectivity index (χ4v) is 3.49. The van der Waals surface area contributed by atoms with E-state index in [1.165, 1.54) is 6.92 Å². The van der Waals surface area contributed by atoms with E-state index in [1.807, 2.05) is 12.1 Å². The lowest BCUT2D eigenvalue weighted by molar-refractivity contribution is -0.114. The number of aromatic amines is 1. The molecule has 31 heavy (non-hydrogen) atoms. The molecule has 158 valence electrons. The van der Waals surface area contributed by atoms with E-state index in [2.05, 4.69) is 20.5 Å². The van der Waals surface area contributed by atoms with Crippen LogP contribution in [0.15, 0.2) is 54.9 Å². The summed E-state index contributed by atoms with van der Waals surface area (Å²) in [7, 11) is 0. The zero-order valence-electron chi connectivity index (χ0n) is 17.0. The van der Waals surface area contributed by atoms with Crippen molar-refractivity contribution in [1.29, 1.82) is 0 Å². The molecule has 0 atom stereocenters. The average Bonchev–Trinajstić information content (AvgIpc) is 3.29. The van der Waals surface area contributed by atoms with Crippen LogP contribution in [-0.4, -0.2) is 68.9 Å². The average molecular weight is 418 g/mol. The van der Waals surface area contributed by atoms with Crippen molar-refractivity contribution in [3.8, 4) is 11.3 Å². The number of H-pyrrole nitrogens is 1. The van der Waals surface area contributed by atoms with Crippen LogP contribution in [0.3, 0.4) is 0 Å². The van der Waals surface area contributed by atoms with Crippen LogP contribution in [0.5, 0.6) is 0 Å². The third-order valence-corrected chi connectivity index (χ3v) is 5.05. The van der Waals surface area contributed by atoms with Crippen LogP contribution in [0.4, 0.5) is 5.69 Å². The Morgan fingerprint density at radius 3 is 2.39 bits per heavy atom. The number of rotatable bonds is 4. The summed E-state index contributed by atoms with van der Waals surface area (Å²) >= 11 is 0. The molecular formula is C22H22N6O3. The van der Waals surface area contributed by atoms with Gasteiger partial charge in [-0.25, -0.2) is 0 Å². The summed E-state index contributed by atoms with van der Waals surface area (Å²) in [5, 5.41) is 9.69. The molecule has 9 nitrogen and oxygen atoms in total. The minimum Gasteiger partial charge on any atom is -0.335 e. The predicted molar refractivity (Wildman–Crippen MR) is 114 cm³/mol. The van der Waals surface area contributed by atoms with Crippen LogP contribution in [0.2, 0.25) is 0 Å². The molecule has 1 saturated heterocycles. The molecule has 0 saturated carbocycles. The Labute approximate surface area is 179 Å². The minimum absolute atomic E-state index is 0.125. The van der Waals surface area contributed by atoms with Crippen molar-refractivity contribution in [2.45, 2.75) is 6.92 Å². The molecule has 0 aliphatic carbocycles. The maximum Gasteiger partial charge on any atom is 0.272 e. The van der Waals surface area contributed by atoms with Crippen molar-refractivity contribution in [2.24, 2.45) is 0 Å². The van der Waals surface area contributed by atoms with Gasteiger partial charge in [-0.15, -0.1) is 0 Å². The molecule has 0 bridgehead atoms. The van der Waals surface area contributed by atoms with Gasteiger partial charge in [-0.05, 0) is 36.4 Å². The van der Waals surface area contributed by atoms with Crippen molar-refractivity contribution in [1.82, 2.24) is 25.0 Å². The number of nitrogens with one attached hydrogen (secondary N) is 2. The van der Waals surface area contributed by atoms with E-state index in [0.717, 1.165) is 5.56 Å². The molecule has 0 unspecified atom stereocenters. The van der Waals surface area contributed by atoms with Gasteiger partial charge >= 0.3 is 0 Å². The second-order valence-electron chi connectivity index (χ2n) is 7.25. The Bertz CT molecular complexity index is 1100. The van der Waals surface area contributed by atoms with E-state index >= 15 is 0 Å². The molecule has 3 aromatic rings. The van der Waals surface area contributed by atoms with E-state index in [-0.39, 0.29) is 17.7 Å². The number of aromatic nitrogens is 3. The quantitative estimate of drug-likeness (QED) is 0.673. The largest absolute Gasteiger partial charge is 0.335 e. The Balaban J connectivity index is 1.37. The number of anilines is 1. The lowest BCUT2D eigenvalue weighted by Crippen LogP contribution is -2.50. The molecule has 9 heteroatoms. The summed E-state index contributed by atoms with van der Waals surface area (Å²) < 4.78 is 0. The van der Waals surface area contributed by atoms with Gasteiger partial charge in [0.05, 0.1) is 5.69 Å². The summed E-state index contributed by atoms with van der Waals surface area (Å²) in [6, 6.07) is 12.2. The highest BCUT2D eigenvalue weighted by atomic mass is 16.2. The third-order valence-electron chi connectivity index (χ3n) is 5.05. The predicted octanol–water partition coefficient (Wildman–Crippen LogP) is 2.03. The fraction of sp³-hybridized carbons (Fsp3) is 0.227. The standard InChI is InChI=1S/C22H22N6O3/c1-15(29)24-18-6-2-4-16(12-18)21(30)27-8-10-28(11-9-27)22(31)20-13-19(25-26-20)17-5-3-7-23-14-17/h2-7,12-14H,8-11H2,1H3,(H,24,29)(H,25,26). The van der Waals surface area contributed by atoms with Crippen molar-refractivity contribution in [2.75, 3.05) is 31.5 Å². The highest BCUT2D eigenvalue weighted by molar-refractivity contribution is 5.97. The maximum atomic E-state index is 12.8. The summed E-state index contributed by atoms with van der Waals surface area (Å²) in [5.74, 6) is -0.468. The van der Waals surface area contributed by atoms with Gasteiger partial charge < -0.3 is 15.1 Å². The molecule has 1 aliphatic heterocycles. The number of hydrogen-bond acceptors (Lipinski definition) is 5. The molecule has 1 aliphatic rings. The Hall–Kier alpha value is -4.01. The van der Waals surface area contributed by atoms with Gasteiger partial charge in [-0.1, -0.05) is 6.07 Å². The van der Waals surface area contributed by atoms with Crippen LogP contribution < -0.4 is 5.32 Å². The number of amides is 3. The molecule has 3 heterocycles. The molecule has 3 amide bonds. The fourth-order valence-electron chi connectivity index (χ4n) is 3.49. The third kappa shape index (κ3) is 4.61. The Morgan fingerprint density at radius 1 is 0.968 bits per heavy atom. The lowest BCUT2D eigenvalue weighted by Gasteiger charge is -2.34. The van der Waals surface area contributed by atoms with E-state index in [0.29, 0.717) is 48.8 Å². The van der Waals surface area contributed by atoms with Crippen LogP contribution in [0, 0.1) is 0 Å². The normalized spacial score (nSPS) is 13.7. The number of piperazine rings is 1. The van der Waals surface area contributed by atoms with Crippen LogP contribution in [0.1, 0.15) is 27.8 Å². The smallest absolute Gasteiger partial charge is 0.272 e. The molecular weight excluding hydrogens is 396 g/mol. The summed E-state index contributed by atoms with van der Waals surface area (Å²) in [4.78, 5) is 44.4. The zero-order valence-corrected chi connectivity index (χ0v) is 17.0. The molecule has 0 radical (unpaired) electrons. The number of carbonyl (C=O) groups is 3. The molecule has 2 aromatic heterocycles. The summed E-state index contributed by atoms with van der Waals surface area (Å²) in [6.07, 6.45) is 3.37. The van der Waals surface area contributed by atoms with Gasteiger partial charge in [0.1, 0.15) is 5.69 Å². The van der Waals surface area contributed by atoms with Gasteiger partial charge in [-0.2, -0.15) is 5.10 Å². The first-order chi connectivity index (χ1) is 15.0. The van der Waals surface area contributed by atoms with Gasteiger partial charge in [0.15, 0.2) is 0 Å². The Kier molecular flexibility index (Phi) is 5.74. The van der Waals surface area contributed by atoms with E-state index < -0.39 is 0 Å². The SMILES string of the molecule is CC(=O)Nc1cccc(C(=O)N2CCN(C(=O)c3cc(-c4cccnc4)n[nH]3)CC2)c1. The van der Waals surface area contributed by atoms with Crippen LogP contribution >= 0.6 is 0 Å². The van der Waals surface area contributed by atoms with E-state index in [1.54, 1.807) is 52.5 Å². The van der Waals surface area contributed by atoms with Gasteiger partial charge in [0.2, 0.25) is 5.91 Å². The first kappa shape index (κ1) is 20.3. The number of hydrogen-bond donors (Lipinski definition) is 2. The number of pyridine rings is 1. The van der Waals surface area contributed by atoms with E-state index in [9.17, 15) is 14.4 Å². The molecule has 1 aromatic carbocycles. The van der Waals surface area contributed by atoms with Crippen molar-refractivity contribution in [3.05, 3.63) is 66.1 Å². The van der Waals surface area contributed by atoms with Gasteiger partial charge in [-0.3, -0.25) is 24.5 Å². The summed E-state index contributed by atoms with van der Waals surface area (Å²) in [6.45, 7) is 3.13. The monoisotopic (exact) mass is 418 g/mol. The molecule has 2 N–H and O–H groups in total. The highest BCUT2D eigenvalue weighted by Crippen LogP contribution is 2.18. The first-order valence-corrected chi connectivity index (χ1v) is 9.93. The van der Waals surface area contributed by atoms with Gasteiger partial charge in [0.25, 0.3) is 11.8 Å². The maximum absolute atomic E-state index is 12.8. The van der Waals surface area contributed by atoms with Crippen LogP contribution in [-0.2, 0) is 4.79 Å². The second-order valence-corrected chi connectivity index (χ2v) is 7.25. The zero-order chi connectivity index (χ0) is 21.8. The van der Waals surface area contributed by atoms with Crippen LogP contribution in [0.25, 0.3) is 11.3 Å². The Morgan fingerprint density at radius 2 is 1.71 bits per heavy atom. The van der Waals surface area contributed by atoms with E-state index in [4.69, 9.17) is 0 Å².